The van der Waals surface area contributed by atoms with Crippen LogP contribution in [0.15, 0.2) is 47.1 Å². The molecule has 1 aromatic carbocycles. The SMILES string of the molecule is C[C@@H](OC(=O)c1ccc(N(C)C)cc1)C(=O)N1CCN(C(=O)c2ccco2)CC1. The number of hydrogen-bond acceptors (Lipinski definition) is 6. The largest absolute Gasteiger partial charge is 0.459 e. The number of esters is 1. The van der Waals surface area contributed by atoms with Crippen LogP contribution in [0.2, 0.25) is 0 Å². The van der Waals surface area contributed by atoms with Gasteiger partial charge in [-0.3, -0.25) is 9.59 Å². The first-order valence-electron chi connectivity index (χ1n) is 9.46. The van der Waals surface area contributed by atoms with E-state index in [0.717, 1.165) is 5.69 Å². The van der Waals surface area contributed by atoms with E-state index in [1.807, 2.05) is 31.1 Å². The number of rotatable bonds is 5. The zero-order chi connectivity index (χ0) is 21.0. The summed E-state index contributed by atoms with van der Waals surface area (Å²) in [5, 5.41) is 0. The number of carbonyl (C=O) groups excluding carboxylic acids is 3. The Bertz CT molecular complexity index is 853. The Hall–Kier alpha value is -3.29. The van der Waals surface area contributed by atoms with Crippen LogP contribution >= 0.6 is 0 Å². The Balaban J connectivity index is 1.51. The second-order valence-corrected chi connectivity index (χ2v) is 7.08. The van der Waals surface area contributed by atoms with Crippen LogP contribution in [-0.4, -0.2) is 74.0 Å². The lowest BCUT2D eigenvalue weighted by Gasteiger charge is -2.35. The fourth-order valence-corrected chi connectivity index (χ4v) is 3.12. The van der Waals surface area contributed by atoms with E-state index in [1.54, 1.807) is 41.0 Å². The van der Waals surface area contributed by atoms with Gasteiger partial charge in [-0.25, -0.2) is 4.79 Å². The van der Waals surface area contributed by atoms with Gasteiger partial charge in [0.15, 0.2) is 11.9 Å². The van der Waals surface area contributed by atoms with E-state index in [-0.39, 0.29) is 17.6 Å². The van der Waals surface area contributed by atoms with Gasteiger partial charge in [0.2, 0.25) is 0 Å². The summed E-state index contributed by atoms with van der Waals surface area (Å²) in [5.74, 6) is -0.716. The second-order valence-electron chi connectivity index (χ2n) is 7.08. The highest BCUT2D eigenvalue weighted by atomic mass is 16.5. The molecule has 0 unspecified atom stereocenters. The molecule has 1 aliphatic rings. The molecule has 8 heteroatoms. The highest BCUT2D eigenvalue weighted by Gasteiger charge is 2.29. The van der Waals surface area contributed by atoms with Crippen LogP contribution in [0.3, 0.4) is 0 Å². The number of hydrogen-bond donors (Lipinski definition) is 0. The van der Waals surface area contributed by atoms with Gasteiger partial charge in [-0.05, 0) is 43.3 Å². The van der Waals surface area contributed by atoms with Crippen molar-refractivity contribution in [2.45, 2.75) is 13.0 Å². The first-order valence-corrected chi connectivity index (χ1v) is 9.46. The molecule has 0 aliphatic carbocycles. The Morgan fingerprint density at radius 1 is 1.00 bits per heavy atom. The minimum absolute atomic E-state index is 0.192. The van der Waals surface area contributed by atoms with E-state index in [9.17, 15) is 14.4 Å². The maximum absolute atomic E-state index is 12.6. The third-order valence-corrected chi connectivity index (χ3v) is 4.86. The van der Waals surface area contributed by atoms with E-state index in [2.05, 4.69) is 0 Å². The topological polar surface area (TPSA) is 83.3 Å². The molecule has 154 valence electrons. The van der Waals surface area contributed by atoms with Gasteiger partial charge < -0.3 is 23.9 Å². The zero-order valence-electron chi connectivity index (χ0n) is 16.8. The van der Waals surface area contributed by atoms with Crippen LogP contribution in [0.5, 0.6) is 0 Å². The molecule has 2 amide bonds. The Morgan fingerprint density at radius 2 is 1.62 bits per heavy atom. The lowest BCUT2D eigenvalue weighted by atomic mass is 10.2. The predicted molar refractivity (Wildman–Crippen MR) is 107 cm³/mol. The number of piperazine rings is 1. The highest BCUT2D eigenvalue weighted by molar-refractivity contribution is 5.93. The molecule has 0 bridgehead atoms. The zero-order valence-corrected chi connectivity index (χ0v) is 16.8. The van der Waals surface area contributed by atoms with Gasteiger partial charge in [0.1, 0.15) is 0 Å². The van der Waals surface area contributed by atoms with Gasteiger partial charge in [0.25, 0.3) is 11.8 Å². The van der Waals surface area contributed by atoms with Crippen molar-refractivity contribution in [1.29, 1.82) is 0 Å². The lowest BCUT2D eigenvalue weighted by Crippen LogP contribution is -2.53. The van der Waals surface area contributed by atoms with Crippen LogP contribution in [0, 0.1) is 0 Å². The van der Waals surface area contributed by atoms with Gasteiger partial charge in [-0.1, -0.05) is 0 Å². The van der Waals surface area contributed by atoms with Gasteiger partial charge in [-0.15, -0.1) is 0 Å². The molecular formula is C21H25N3O5. The van der Waals surface area contributed by atoms with Crippen molar-refractivity contribution in [2.75, 3.05) is 45.2 Å². The summed E-state index contributed by atoms with van der Waals surface area (Å²) in [6, 6.07) is 10.3. The molecule has 0 saturated carbocycles. The molecule has 0 N–H and O–H groups in total. The average Bonchev–Trinajstić information content (AvgIpc) is 3.27. The summed E-state index contributed by atoms with van der Waals surface area (Å²) in [5.41, 5.74) is 1.36. The van der Waals surface area contributed by atoms with Crippen molar-refractivity contribution in [2.24, 2.45) is 0 Å². The first kappa shape index (κ1) is 20.4. The average molecular weight is 399 g/mol. The van der Waals surface area contributed by atoms with Crippen molar-refractivity contribution < 1.29 is 23.5 Å². The summed E-state index contributed by atoms with van der Waals surface area (Å²) in [7, 11) is 3.83. The number of carbonyl (C=O) groups is 3. The molecule has 1 saturated heterocycles. The first-order chi connectivity index (χ1) is 13.9. The molecule has 0 spiro atoms. The van der Waals surface area contributed by atoms with Gasteiger partial charge in [-0.2, -0.15) is 0 Å². The molecule has 29 heavy (non-hydrogen) atoms. The molecule has 2 heterocycles. The molecule has 1 fully saturated rings. The summed E-state index contributed by atoms with van der Waals surface area (Å²) in [6.07, 6.45) is 0.556. The number of anilines is 1. The Labute approximate surface area is 169 Å². The molecule has 8 nitrogen and oxygen atoms in total. The highest BCUT2D eigenvalue weighted by Crippen LogP contribution is 2.15. The molecular weight excluding hydrogens is 374 g/mol. The number of ether oxygens (including phenoxy) is 1. The van der Waals surface area contributed by atoms with Crippen LogP contribution < -0.4 is 4.90 Å². The molecule has 1 atom stereocenters. The fourth-order valence-electron chi connectivity index (χ4n) is 3.12. The van der Waals surface area contributed by atoms with Crippen molar-refractivity contribution in [3.05, 3.63) is 54.0 Å². The van der Waals surface area contributed by atoms with Crippen LogP contribution in [0.25, 0.3) is 0 Å². The summed E-state index contributed by atoms with van der Waals surface area (Å²) >= 11 is 0. The van der Waals surface area contributed by atoms with Crippen LogP contribution in [0.4, 0.5) is 5.69 Å². The third kappa shape index (κ3) is 4.77. The summed E-state index contributed by atoms with van der Waals surface area (Å²) in [6.45, 7) is 3.13. The van der Waals surface area contributed by atoms with Gasteiger partial charge in [0.05, 0.1) is 11.8 Å². The molecule has 3 rings (SSSR count). The number of furan rings is 1. The predicted octanol–water partition coefficient (Wildman–Crippen LogP) is 1.88. The molecule has 0 radical (unpaired) electrons. The van der Waals surface area contributed by atoms with Crippen molar-refractivity contribution in [1.82, 2.24) is 9.80 Å². The quantitative estimate of drug-likeness (QED) is 0.714. The fraction of sp³-hybridized carbons (Fsp3) is 0.381. The lowest BCUT2D eigenvalue weighted by molar-refractivity contribution is -0.141. The molecule has 1 aromatic heterocycles. The van der Waals surface area contributed by atoms with Crippen molar-refractivity contribution >= 4 is 23.5 Å². The van der Waals surface area contributed by atoms with Crippen molar-refractivity contribution in [3.8, 4) is 0 Å². The monoisotopic (exact) mass is 399 g/mol. The van der Waals surface area contributed by atoms with E-state index in [4.69, 9.17) is 9.15 Å². The summed E-state index contributed by atoms with van der Waals surface area (Å²) < 4.78 is 10.5. The number of nitrogens with zero attached hydrogens (tertiary/aromatic N) is 3. The molecule has 2 aromatic rings. The maximum Gasteiger partial charge on any atom is 0.338 e. The number of amides is 2. The van der Waals surface area contributed by atoms with E-state index >= 15 is 0 Å². The van der Waals surface area contributed by atoms with E-state index in [0.29, 0.717) is 31.7 Å². The third-order valence-electron chi connectivity index (χ3n) is 4.86. The molecule has 1 aliphatic heterocycles. The minimum atomic E-state index is -0.900. The smallest absolute Gasteiger partial charge is 0.338 e. The maximum atomic E-state index is 12.6. The van der Waals surface area contributed by atoms with Gasteiger partial charge in [0, 0.05) is 46.0 Å². The summed E-state index contributed by atoms with van der Waals surface area (Å²) in [4.78, 5) is 42.4. The Kier molecular flexibility index (Phi) is 6.21. The Morgan fingerprint density at radius 3 is 2.17 bits per heavy atom. The van der Waals surface area contributed by atoms with Gasteiger partial charge >= 0.3 is 5.97 Å². The van der Waals surface area contributed by atoms with E-state index in [1.165, 1.54) is 6.26 Å². The number of benzene rings is 1. The normalized spacial score (nSPS) is 15.0. The second kappa shape index (κ2) is 8.81. The van der Waals surface area contributed by atoms with Crippen LogP contribution in [0.1, 0.15) is 27.8 Å². The minimum Gasteiger partial charge on any atom is -0.459 e. The van der Waals surface area contributed by atoms with Crippen molar-refractivity contribution in [3.63, 3.8) is 0 Å². The van der Waals surface area contributed by atoms with Crippen LogP contribution in [-0.2, 0) is 9.53 Å². The standard InChI is InChI=1S/C21H25N3O5/c1-15(29-21(27)16-6-8-17(9-7-16)22(2)3)19(25)23-10-12-24(13-11-23)20(26)18-5-4-14-28-18/h4-9,14-15H,10-13H2,1-3H3/t15-/m1/s1. The van der Waals surface area contributed by atoms with E-state index < -0.39 is 12.1 Å².